The Bertz CT molecular complexity index is 809. The normalized spacial score (nSPS) is 14.4. The van der Waals surface area contributed by atoms with Crippen molar-refractivity contribution in [3.8, 4) is 0 Å². The lowest BCUT2D eigenvalue weighted by Gasteiger charge is -2.21. The van der Waals surface area contributed by atoms with Crippen LogP contribution in [-0.4, -0.2) is 16.8 Å². The van der Waals surface area contributed by atoms with Crippen molar-refractivity contribution in [2.75, 3.05) is 5.32 Å². The molecule has 0 fully saturated rings. The first kappa shape index (κ1) is 18.6. The highest BCUT2D eigenvalue weighted by Gasteiger charge is 2.21. The monoisotopic (exact) mass is 371 g/mol. The van der Waals surface area contributed by atoms with E-state index in [1.165, 1.54) is 35.3 Å². The fourth-order valence-corrected chi connectivity index (χ4v) is 4.10. The zero-order valence-electron chi connectivity index (χ0n) is 15.5. The van der Waals surface area contributed by atoms with Crippen LogP contribution in [0.1, 0.15) is 59.5 Å². The first-order valence-electron chi connectivity index (χ1n) is 9.15. The fraction of sp³-hybridized carbons (Fsp3) is 0.450. The van der Waals surface area contributed by atoms with Crippen molar-refractivity contribution in [2.24, 2.45) is 0 Å². The number of nitrogens with zero attached hydrogens (tertiary/aromatic N) is 1. The number of aromatic nitrogens is 1. The quantitative estimate of drug-likeness (QED) is 0.802. The summed E-state index contributed by atoms with van der Waals surface area (Å²) in [5.74, 6) is -1.30. The SMILES string of the molecule is CCC(NC(=O)C(=O)Nc1nc(C)c(C)s1)c1ccc2c(c1)CCCC2. The van der Waals surface area contributed by atoms with E-state index in [1.807, 2.05) is 20.8 Å². The van der Waals surface area contributed by atoms with Gasteiger partial charge in [-0.05, 0) is 62.6 Å². The molecule has 1 aliphatic rings. The molecule has 0 radical (unpaired) electrons. The molecule has 1 unspecified atom stereocenters. The second-order valence-electron chi connectivity index (χ2n) is 6.78. The maximum absolute atomic E-state index is 12.3. The molecule has 0 saturated carbocycles. The minimum Gasteiger partial charge on any atom is -0.341 e. The number of amides is 2. The summed E-state index contributed by atoms with van der Waals surface area (Å²) in [6.07, 6.45) is 5.42. The number of rotatable bonds is 4. The molecule has 0 bridgehead atoms. The van der Waals surface area contributed by atoms with Crippen molar-refractivity contribution in [2.45, 2.75) is 58.9 Å². The van der Waals surface area contributed by atoms with E-state index >= 15 is 0 Å². The first-order valence-corrected chi connectivity index (χ1v) is 9.97. The number of hydrogen-bond donors (Lipinski definition) is 2. The van der Waals surface area contributed by atoms with Crippen molar-refractivity contribution in [3.63, 3.8) is 0 Å². The Kier molecular flexibility index (Phi) is 5.71. The summed E-state index contributed by atoms with van der Waals surface area (Å²) < 4.78 is 0. The van der Waals surface area contributed by atoms with Gasteiger partial charge in [-0.2, -0.15) is 0 Å². The molecular weight excluding hydrogens is 346 g/mol. The molecule has 0 spiro atoms. The third-order valence-corrected chi connectivity index (χ3v) is 5.93. The van der Waals surface area contributed by atoms with Gasteiger partial charge >= 0.3 is 11.8 Å². The molecule has 1 aliphatic carbocycles. The summed E-state index contributed by atoms with van der Waals surface area (Å²) in [7, 11) is 0. The van der Waals surface area contributed by atoms with E-state index < -0.39 is 11.8 Å². The minimum atomic E-state index is -0.671. The molecule has 2 N–H and O–H groups in total. The highest BCUT2D eigenvalue weighted by Crippen LogP contribution is 2.26. The molecule has 0 saturated heterocycles. The topological polar surface area (TPSA) is 71.1 Å². The predicted octanol–water partition coefficient (Wildman–Crippen LogP) is 3.84. The predicted molar refractivity (Wildman–Crippen MR) is 104 cm³/mol. The first-order chi connectivity index (χ1) is 12.5. The number of benzene rings is 1. The zero-order chi connectivity index (χ0) is 18.7. The molecule has 5 nitrogen and oxygen atoms in total. The van der Waals surface area contributed by atoms with Gasteiger partial charge in [0.25, 0.3) is 0 Å². The Morgan fingerprint density at radius 1 is 1.15 bits per heavy atom. The van der Waals surface area contributed by atoms with Crippen LogP contribution in [0.15, 0.2) is 18.2 Å². The number of hydrogen-bond acceptors (Lipinski definition) is 4. The smallest absolute Gasteiger partial charge is 0.315 e. The molecule has 26 heavy (non-hydrogen) atoms. The number of nitrogens with one attached hydrogen (secondary N) is 2. The lowest BCUT2D eigenvalue weighted by molar-refractivity contribution is -0.136. The Balaban J connectivity index is 1.67. The van der Waals surface area contributed by atoms with E-state index in [0.717, 1.165) is 35.4 Å². The van der Waals surface area contributed by atoms with Gasteiger partial charge in [0.15, 0.2) is 5.13 Å². The Labute approximate surface area is 158 Å². The largest absolute Gasteiger partial charge is 0.341 e. The molecule has 2 aromatic rings. The highest BCUT2D eigenvalue weighted by atomic mass is 32.1. The van der Waals surface area contributed by atoms with Crippen LogP contribution in [0.5, 0.6) is 0 Å². The molecule has 2 amide bonds. The minimum absolute atomic E-state index is 0.166. The van der Waals surface area contributed by atoms with Crippen molar-refractivity contribution in [1.82, 2.24) is 10.3 Å². The molecule has 1 aromatic heterocycles. The average Bonchev–Trinajstić information content (AvgIpc) is 2.96. The Morgan fingerprint density at radius 3 is 2.54 bits per heavy atom. The van der Waals surface area contributed by atoms with Crippen molar-refractivity contribution < 1.29 is 9.59 Å². The summed E-state index contributed by atoms with van der Waals surface area (Å²) in [5, 5.41) is 5.91. The van der Waals surface area contributed by atoms with Crippen LogP contribution in [0.2, 0.25) is 0 Å². The Morgan fingerprint density at radius 2 is 1.88 bits per heavy atom. The Hall–Kier alpha value is -2.21. The van der Waals surface area contributed by atoms with Gasteiger partial charge in [-0.25, -0.2) is 4.98 Å². The number of carbonyl (C=O) groups excluding carboxylic acids is 2. The lowest BCUT2D eigenvalue weighted by Crippen LogP contribution is -2.37. The number of carbonyl (C=O) groups is 2. The van der Waals surface area contributed by atoms with E-state index in [9.17, 15) is 9.59 Å². The van der Waals surface area contributed by atoms with Gasteiger partial charge in [0.1, 0.15) is 0 Å². The van der Waals surface area contributed by atoms with Gasteiger partial charge in [-0.15, -0.1) is 11.3 Å². The van der Waals surface area contributed by atoms with E-state index in [4.69, 9.17) is 0 Å². The molecule has 138 valence electrons. The second kappa shape index (κ2) is 7.99. The number of fused-ring (bicyclic) bond motifs is 1. The average molecular weight is 372 g/mol. The molecule has 1 heterocycles. The standard InChI is InChI=1S/C20H25N3O2S/c1-4-17(16-10-9-14-7-5-6-8-15(14)11-16)22-18(24)19(25)23-20-21-12(2)13(3)26-20/h9-11,17H,4-8H2,1-3H3,(H,22,24)(H,21,23,25). The zero-order valence-corrected chi connectivity index (χ0v) is 16.3. The maximum Gasteiger partial charge on any atom is 0.315 e. The number of thiazole rings is 1. The van der Waals surface area contributed by atoms with Gasteiger partial charge < -0.3 is 5.32 Å². The van der Waals surface area contributed by atoms with Gasteiger partial charge in [0.05, 0.1) is 11.7 Å². The summed E-state index contributed by atoms with van der Waals surface area (Å²) in [4.78, 5) is 29.8. The molecule has 1 aromatic carbocycles. The van der Waals surface area contributed by atoms with Gasteiger partial charge in [-0.3, -0.25) is 14.9 Å². The molecule has 6 heteroatoms. The van der Waals surface area contributed by atoms with Crippen molar-refractivity contribution in [1.29, 1.82) is 0 Å². The van der Waals surface area contributed by atoms with E-state index in [-0.39, 0.29) is 6.04 Å². The van der Waals surface area contributed by atoms with Crippen LogP contribution in [0.3, 0.4) is 0 Å². The van der Waals surface area contributed by atoms with Crippen molar-refractivity contribution >= 4 is 28.3 Å². The van der Waals surface area contributed by atoms with E-state index in [2.05, 4.69) is 33.8 Å². The summed E-state index contributed by atoms with van der Waals surface area (Å²) in [6.45, 7) is 5.83. The van der Waals surface area contributed by atoms with Crippen LogP contribution in [0.4, 0.5) is 5.13 Å². The maximum atomic E-state index is 12.3. The van der Waals surface area contributed by atoms with Crippen molar-refractivity contribution in [3.05, 3.63) is 45.5 Å². The van der Waals surface area contributed by atoms with Crippen LogP contribution in [-0.2, 0) is 22.4 Å². The van der Waals surface area contributed by atoms with Gasteiger partial charge in [-0.1, -0.05) is 25.1 Å². The summed E-state index contributed by atoms with van der Waals surface area (Å²) >= 11 is 1.37. The fourth-order valence-electron chi connectivity index (χ4n) is 3.30. The molecule has 1 atom stereocenters. The molecule has 3 rings (SSSR count). The third kappa shape index (κ3) is 4.12. The molecular formula is C20H25N3O2S. The van der Waals surface area contributed by atoms with E-state index in [1.54, 1.807) is 0 Å². The van der Waals surface area contributed by atoms with Crippen LogP contribution >= 0.6 is 11.3 Å². The molecule has 0 aliphatic heterocycles. The van der Waals surface area contributed by atoms with Crippen LogP contribution in [0.25, 0.3) is 0 Å². The van der Waals surface area contributed by atoms with E-state index in [0.29, 0.717) is 5.13 Å². The summed E-state index contributed by atoms with van der Waals surface area (Å²) in [6, 6.07) is 6.26. The third-order valence-electron chi connectivity index (χ3n) is 4.94. The van der Waals surface area contributed by atoms with Crippen LogP contribution in [0, 0.1) is 13.8 Å². The lowest BCUT2D eigenvalue weighted by atomic mass is 9.89. The number of anilines is 1. The van der Waals surface area contributed by atoms with Gasteiger partial charge in [0, 0.05) is 4.88 Å². The van der Waals surface area contributed by atoms with Gasteiger partial charge in [0.2, 0.25) is 0 Å². The highest BCUT2D eigenvalue weighted by molar-refractivity contribution is 7.15. The summed E-state index contributed by atoms with van der Waals surface area (Å²) in [5.41, 5.74) is 4.72. The van der Waals surface area contributed by atoms with Crippen LogP contribution < -0.4 is 10.6 Å². The second-order valence-corrected chi connectivity index (χ2v) is 7.99. The number of aryl methyl sites for hydroxylation is 4.